The van der Waals surface area contributed by atoms with Crippen LogP contribution in [-0.2, 0) is 6.61 Å². The molecule has 0 atom stereocenters. The van der Waals surface area contributed by atoms with Crippen molar-refractivity contribution in [3.05, 3.63) is 86.8 Å². The van der Waals surface area contributed by atoms with E-state index in [4.69, 9.17) is 16.9 Å². The number of pyridine rings is 2. The molecule has 0 saturated carbocycles. The van der Waals surface area contributed by atoms with Gasteiger partial charge in [0, 0.05) is 22.8 Å². The molecular weight excluding hydrogens is 412 g/mol. The normalized spacial score (nSPS) is 10.9. The molecule has 0 bridgehead atoms. The van der Waals surface area contributed by atoms with Crippen LogP contribution in [0.1, 0.15) is 11.3 Å². The minimum Gasteiger partial charge on any atom is -0.390 e. The highest BCUT2D eigenvalue weighted by molar-refractivity contribution is 6.33. The van der Waals surface area contributed by atoms with Gasteiger partial charge in [-0.2, -0.15) is 5.26 Å². The summed E-state index contributed by atoms with van der Waals surface area (Å²) < 4.78 is 30.1. The van der Waals surface area contributed by atoms with Crippen LogP contribution in [0.3, 0.4) is 0 Å². The Bertz CT molecular complexity index is 1410. The maximum absolute atomic E-state index is 15.2. The standard InChI is InChI=1S/C22H12ClF2N3O2/c23-15-2-1-11(9-26)5-14(15)17-8-19(30)21-18(28-17)7-16(24)20(22(21)25)12-3-4-27-13(6-12)10-29/h1-8,29H,10H2,(H,28,30). The van der Waals surface area contributed by atoms with Gasteiger partial charge in [-0.3, -0.25) is 9.78 Å². The van der Waals surface area contributed by atoms with E-state index in [9.17, 15) is 14.3 Å². The largest absolute Gasteiger partial charge is 0.390 e. The molecule has 0 aliphatic carbocycles. The summed E-state index contributed by atoms with van der Waals surface area (Å²) in [6.45, 7) is -0.392. The van der Waals surface area contributed by atoms with Crippen LogP contribution in [0.25, 0.3) is 33.3 Å². The predicted octanol–water partition coefficient (Wildman–Crippen LogP) is 4.55. The van der Waals surface area contributed by atoms with Gasteiger partial charge >= 0.3 is 0 Å². The molecule has 0 radical (unpaired) electrons. The van der Waals surface area contributed by atoms with Crippen molar-refractivity contribution in [2.75, 3.05) is 0 Å². The number of hydrogen-bond acceptors (Lipinski definition) is 4. The summed E-state index contributed by atoms with van der Waals surface area (Å²) in [5.41, 5.74) is 0.192. The Morgan fingerprint density at radius 2 is 1.97 bits per heavy atom. The molecule has 0 saturated heterocycles. The number of fused-ring (bicyclic) bond motifs is 1. The number of rotatable bonds is 3. The lowest BCUT2D eigenvalue weighted by atomic mass is 10.0. The number of halogens is 3. The molecule has 0 fully saturated rings. The minimum atomic E-state index is -1.02. The molecule has 5 nitrogen and oxygen atoms in total. The Morgan fingerprint density at radius 3 is 2.70 bits per heavy atom. The fourth-order valence-corrected chi connectivity index (χ4v) is 3.49. The third-order valence-electron chi connectivity index (χ3n) is 4.66. The van der Waals surface area contributed by atoms with Gasteiger partial charge in [0.25, 0.3) is 0 Å². The van der Waals surface area contributed by atoms with Gasteiger partial charge in [0.15, 0.2) is 5.43 Å². The van der Waals surface area contributed by atoms with Gasteiger partial charge in [-0.1, -0.05) is 11.6 Å². The highest BCUT2D eigenvalue weighted by atomic mass is 35.5. The molecule has 0 aliphatic rings. The van der Waals surface area contributed by atoms with E-state index in [0.717, 1.165) is 12.1 Å². The molecule has 4 aromatic rings. The third kappa shape index (κ3) is 3.32. The number of H-pyrrole nitrogens is 1. The van der Waals surface area contributed by atoms with Gasteiger partial charge < -0.3 is 10.1 Å². The first-order valence-corrected chi connectivity index (χ1v) is 9.12. The van der Waals surface area contributed by atoms with Gasteiger partial charge in [-0.25, -0.2) is 8.78 Å². The van der Waals surface area contributed by atoms with Crippen molar-refractivity contribution in [3.8, 4) is 28.5 Å². The van der Waals surface area contributed by atoms with Crippen molar-refractivity contribution in [2.45, 2.75) is 6.61 Å². The minimum absolute atomic E-state index is 0.0499. The van der Waals surface area contributed by atoms with Gasteiger partial charge in [0.1, 0.15) is 11.6 Å². The lowest BCUT2D eigenvalue weighted by Crippen LogP contribution is -2.08. The maximum Gasteiger partial charge on any atom is 0.193 e. The molecule has 30 heavy (non-hydrogen) atoms. The summed E-state index contributed by atoms with van der Waals surface area (Å²) >= 11 is 6.18. The lowest BCUT2D eigenvalue weighted by Gasteiger charge is -2.11. The lowest BCUT2D eigenvalue weighted by molar-refractivity contribution is 0.277. The molecule has 0 amide bonds. The second-order valence-electron chi connectivity index (χ2n) is 6.52. The summed E-state index contributed by atoms with van der Waals surface area (Å²) in [6, 6.07) is 11.4. The number of benzene rings is 2. The molecule has 2 aromatic carbocycles. The average Bonchev–Trinajstić information content (AvgIpc) is 2.73. The van der Waals surface area contributed by atoms with E-state index in [1.165, 1.54) is 36.5 Å². The van der Waals surface area contributed by atoms with Crippen LogP contribution in [0.2, 0.25) is 5.02 Å². The van der Waals surface area contributed by atoms with Crippen molar-refractivity contribution in [2.24, 2.45) is 0 Å². The molecule has 0 aliphatic heterocycles. The summed E-state index contributed by atoms with van der Waals surface area (Å²) in [5, 5.41) is 18.3. The molecule has 8 heteroatoms. The quantitative estimate of drug-likeness (QED) is 0.505. The van der Waals surface area contributed by atoms with Gasteiger partial charge in [0.05, 0.1) is 46.1 Å². The second kappa shape index (κ2) is 7.67. The topological polar surface area (TPSA) is 89.8 Å². The van der Waals surface area contributed by atoms with Crippen molar-refractivity contribution in [3.63, 3.8) is 0 Å². The number of nitrogens with one attached hydrogen (secondary N) is 1. The number of aliphatic hydroxyl groups excluding tert-OH is 1. The highest BCUT2D eigenvalue weighted by Crippen LogP contribution is 2.32. The smallest absolute Gasteiger partial charge is 0.193 e. The predicted molar refractivity (Wildman–Crippen MR) is 109 cm³/mol. The SMILES string of the molecule is N#Cc1ccc(Cl)c(-c2cc(=O)c3c(F)c(-c4ccnc(CO)c4)c(F)cc3[nH]2)c1. The van der Waals surface area contributed by atoms with Crippen LogP contribution in [0.15, 0.2) is 53.5 Å². The molecule has 0 spiro atoms. The van der Waals surface area contributed by atoms with Crippen molar-refractivity contribution in [1.29, 1.82) is 5.26 Å². The number of aromatic amines is 1. The number of nitriles is 1. The zero-order valence-electron chi connectivity index (χ0n) is 15.2. The summed E-state index contributed by atoms with van der Waals surface area (Å²) in [4.78, 5) is 19.5. The van der Waals surface area contributed by atoms with Crippen molar-refractivity contribution in [1.82, 2.24) is 9.97 Å². The molecular formula is C22H12ClF2N3O2. The van der Waals surface area contributed by atoms with Crippen LogP contribution in [0.4, 0.5) is 8.78 Å². The molecule has 4 rings (SSSR count). The van der Waals surface area contributed by atoms with Crippen LogP contribution < -0.4 is 5.43 Å². The molecule has 0 unspecified atom stereocenters. The number of aliphatic hydroxyl groups is 1. The maximum atomic E-state index is 15.2. The monoisotopic (exact) mass is 423 g/mol. The van der Waals surface area contributed by atoms with Crippen molar-refractivity contribution < 1.29 is 13.9 Å². The van der Waals surface area contributed by atoms with Crippen LogP contribution in [0.5, 0.6) is 0 Å². The Labute approximate surface area is 173 Å². The number of aromatic nitrogens is 2. The zero-order valence-corrected chi connectivity index (χ0v) is 16.0. The summed E-state index contributed by atoms with van der Waals surface area (Å²) in [5.74, 6) is -1.91. The number of nitrogens with zero attached hydrogens (tertiary/aromatic N) is 2. The van der Waals surface area contributed by atoms with Gasteiger partial charge in [0.2, 0.25) is 0 Å². The van der Waals surface area contributed by atoms with Crippen LogP contribution in [0, 0.1) is 23.0 Å². The van der Waals surface area contributed by atoms with E-state index in [1.54, 1.807) is 0 Å². The first-order valence-electron chi connectivity index (χ1n) is 8.74. The fraction of sp³-hybridized carbons (Fsp3) is 0.0455. The first-order chi connectivity index (χ1) is 14.4. The van der Waals surface area contributed by atoms with Gasteiger partial charge in [-0.05, 0) is 42.0 Å². The Hall–Kier alpha value is -3.60. The zero-order chi connectivity index (χ0) is 21.4. The van der Waals surface area contributed by atoms with Crippen LogP contribution in [-0.4, -0.2) is 15.1 Å². The van der Waals surface area contributed by atoms with E-state index in [1.807, 2.05) is 6.07 Å². The average molecular weight is 424 g/mol. The molecule has 148 valence electrons. The third-order valence-corrected chi connectivity index (χ3v) is 4.99. The molecule has 2 heterocycles. The highest BCUT2D eigenvalue weighted by Gasteiger charge is 2.20. The summed E-state index contributed by atoms with van der Waals surface area (Å²) in [7, 11) is 0. The van der Waals surface area contributed by atoms with E-state index in [2.05, 4.69) is 9.97 Å². The summed E-state index contributed by atoms with van der Waals surface area (Å²) in [6.07, 6.45) is 1.32. The second-order valence-corrected chi connectivity index (χ2v) is 6.92. The Balaban J connectivity index is 1.97. The Kier molecular flexibility index (Phi) is 5.04. The first kappa shape index (κ1) is 19.7. The number of hydrogen-bond donors (Lipinski definition) is 2. The fourth-order valence-electron chi connectivity index (χ4n) is 3.27. The molecule has 2 aromatic heterocycles. The van der Waals surface area contributed by atoms with Gasteiger partial charge in [-0.15, -0.1) is 0 Å². The van der Waals surface area contributed by atoms with E-state index in [-0.39, 0.29) is 38.4 Å². The molecule has 2 N–H and O–H groups in total. The van der Waals surface area contributed by atoms with E-state index < -0.39 is 23.7 Å². The van der Waals surface area contributed by atoms with E-state index in [0.29, 0.717) is 11.1 Å². The van der Waals surface area contributed by atoms with Crippen LogP contribution >= 0.6 is 11.6 Å². The van der Waals surface area contributed by atoms with E-state index >= 15 is 4.39 Å². The Morgan fingerprint density at radius 1 is 1.17 bits per heavy atom. The van der Waals surface area contributed by atoms with Crippen molar-refractivity contribution >= 4 is 22.5 Å².